The van der Waals surface area contributed by atoms with Crippen molar-refractivity contribution < 1.29 is 5.11 Å². The fraction of sp³-hybridized carbons (Fsp3) is 0.471. The van der Waals surface area contributed by atoms with Crippen LogP contribution in [0.2, 0.25) is 0 Å². The summed E-state index contributed by atoms with van der Waals surface area (Å²) in [7, 11) is 0. The maximum atomic E-state index is 9.66. The molecule has 1 atom stereocenters. The first-order chi connectivity index (χ1) is 12.3. The molecule has 8 heteroatoms. The van der Waals surface area contributed by atoms with Gasteiger partial charge in [-0.15, -0.1) is 0 Å². The summed E-state index contributed by atoms with van der Waals surface area (Å²) in [4.78, 5) is 16.2. The maximum absolute atomic E-state index is 9.66. The number of thiophene rings is 1. The molecule has 3 aromatic heterocycles. The Bertz CT molecular complexity index is 846. The monoisotopic (exact) mass is 358 g/mol. The predicted octanol–water partition coefficient (Wildman–Crippen LogP) is 2.66. The van der Waals surface area contributed by atoms with Gasteiger partial charge in [0.05, 0.1) is 18.3 Å². The van der Waals surface area contributed by atoms with Crippen molar-refractivity contribution in [2.75, 3.05) is 29.9 Å². The molecule has 4 heterocycles. The summed E-state index contributed by atoms with van der Waals surface area (Å²) < 4.78 is 2.00. The lowest BCUT2D eigenvalue weighted by Crippen LogP contribution is -2.33. The highest BCUT2D eigenvalue weighted by atomic mass is 32.1. The van der Waals surface area contributed by atoms with Gasteiger partial charge < -0.3 is 15.3 Å². The van der Waals surface area contributed by atoms with Crippen LogP contribution in [0.25, 0.3) is 16.9 Å². The summed E-state index contributed by atoms with van der Waals surface area (Å²) in [6.07, 6.45) is 4.83. The molecule has 1 unspecified atom stereocenters. The molecule has 3 aromatic rings. The number of imidazole rings is 1. The number of aliphatic hydroxyl groups excluding tert-OH is 1. The van der Waals surface area contributed by atoms with Crippen molar-refractivity contribution in [3.8, 4) is 5.69 Å². The van der Waals surface area contributed by atoms with E-state index in [2.05, 4.69) is 33.6 Å². The third kappa shape index (κ3) is 2.96. The first-order valence-corrected chi connectivity index (χ1v) is 9.65. The topological polar surface area (TPSA) is 79.1 Å². The summed E-state index contributed by atoms with van der Waals surface area (Å²) in [6.45, 7) is 3.96. The highest BCUT2D eigenvalue weighted by Crippen LogP contribution is 2.29. The zero-order valence-electron chi connectivity index (χ0n) is 14.2. The Morgan fingerprint density at radius 3 is 3.08 bits per heavy atom. The van der Waals surface area contributed by atoms with Crippen molar-refractivity contribution in [3.63, 3.8) is 0 Å². The van der Waals surface area contributed by atoms with Crippen molar-refractivity contribution in [2.45, 2.75) is 32.2 Å². The highest BCUT2D eigenvalue weighted by molar-refractivity contribution is 7.08. The van der Waals surface area contributed by atoms with E-state index in [4.69, 9.17) is 9.97 Å². The molecule has 0 bridgehead atoms. The van der Waals surface area contributed by atoms with Crippen LogP contribution >= 0.6 is 11.3 Å². The molecule has 0 aliphatic carbocycles. The molecule has 4 rings (SSSR count). The Morgan fingerprint density at radius 1 is 1.40 bits per heavy atom. The second-order valence-corrected chi connectivity index (χ2v) is 7.02. The summed E-state index contributed by atoms with van der Waals surface area (Å²) in [5.74, 6) is 1.43. The molecule has 0 spiro atoms. The van der Waals surface area contributed by atoms with Gasteiger partial charge >= 0.3 is 0 Å². The van der Waals surface area contributed by atoms with Crippen molar-refractivity contribution in [3.05, 3.63) is 23.2 Å². The Labute approximate surface area is 150 Å². The number of aromatic nitrogens is 4. The second kappa shape index (κ2) is 6.97. The number of aliphatic hydroxyl groups is 1. The van der Waals surface area contributed by atoms with Crippen LogP contribution in [0.1, 0.15) is 26.2 Å². The van der Waals surface area contributed by atoms with E-state index in [9.17, 15) is 5.11 Å². The molecule has 132 valence electrons. The van der Waals surface area contributed by atoms with E-state index in [1.807, 2.05) is 9.95 Å². The zero-order chi connectivity index (χ0) is 17.2. The fourth-order valence-electron chi connectivity index (χ4n) is 3.26. The minimum atomic E-state index is 0.0917. The average molecular weight is 358 g/mol. The molecule has 0 saturated carbocycles. The molecule has 7 nitrogen and oxygen atoms in total. The van der Waals surface area contributed by atoms with E-state index in [1.165, 1.54) is 0 Å². The molecule has 1 fully saturated rings. The second-order valence-electron chi connectivity index (χ2n) is 6.24. The summed E-state index contributed by atoms with van der Waals surface area (Å²) in [5.41, 5.74) is 2.63. The minimum absolute atomic E-state index is 0.0917. The van der Waals surface area contributed by atoms with Crippen LogP contribution in [-0.4, -0.2) is 50.4 Å². The number of anilines is 2. The van der Waals surface area contributed by atoms with E-state index in [0.29, 0.717) is 5.95 Å². The van der Waals surface area contributed by atoms with Gasteiger partial charge in [-0.05, 0) is 30.7 Å². The predicted molar refractivity (Wildman–Crippen MR) is 101 cm³/mol. The Morgan fingerprint density at radius 2 is 2.32 bits per heavy atom. The number of hydrogen-bond donors (Lipinski definition) is 2. The van der Waals surface area contributed by atoms with Gasteiger partial charge in [0.1, 0.15) is 6.33 Å². The van der Waals surface area contributed by atoms with Crippen LogP contribution in [-0.2, 0) is 0 Å². The summed E-state index contributed by atoms with van der Waals surface area (Å²) >= 11 is 1.65. The largest absolute Gasteiger partial charge is 0.394 e. The van der Waals surface area contributed by atoms with Gasteiger partial charge in [-0.1, -0.05) is 6.92 Å². The SMILES string of the molecule is CCCNc1nc(N2CCCC2CO)nc2c1ncn2-c1ccsc1. The maximum Gasteiger partial charge on any atom is 0.229 e. The van der Waals surface area contributed by atoms with Crippen LogP contribution in [0.5, 0.6) is 0 Å². The molecule has 1 aliphatic rings. The van der Waals surface area contributed by atoms with Gasteiger partial charge in [-0.2, -0.15) is 21.3 Å². The third-order valence-electron chi connectivity index (χ3n) is 4.56. The van der Waals surface area contributed by atoms with E-state index in [0.717, 1.165) is 55.0 Å². The Hall–Kier alpha value is -2.19. The molecule has 0 radical (unpaired) electrons. The van der Waals surface area contributed by atoms with Gasteiger partial charge in [-0.25, -0.2) is 4.98 Å². The summed E-state index contributed by atoms with van der Waals surface area (Å²) in [6, 6.07) is 2.15. The van der Waals surface area contributed by atoms with E-state index >= 15 is 0 Å². The van der Waals surface area contributed by atoms with Gasteiger partial charge in [-0.3, -0.25) is 4.57 Å². The zero-order valence-corrected chi connectivity index (χ0v) is 15.0. The lowest BCUT2D eigenvalue weighted by molar-refractivity contribution is 0.265. The Balaban J connectivity index is 1.84. The molecule has 1 saturated heterocycles. The number of hydrogen-bond acceptors (Lipinski definition) is 7. The van der Waals surface area contributed by atoms with Gasteiger partial charge in [0, 0.05) is 18.5 Å². The molecule has 0 amide bonds. The number of nitrogens with one attached hydrogen (secondary N) is 1. The van der Waals surface area contributed by atoms with Crippen molar-refractivity contribution >= 4 is 34.3 Å². The fourth-order valence-corrected chi connectivity index (χ4v) is 3.88. The first-order valence-electron chi connectivity index (χ1n) is 8.71. The standard InChI is InChI=1S/C17H22N6OS/c1-2-6-18-15-14-16(23(11-19-14)13-5-8-25-10-13)21-17(20-15)22-7-3-4-12(22)9-24/h5,8,10-12,24H,2-4,6-7,9H2,1H3,(H,18,20,21). The molecule has 1 aliphatic heterocycles. The first kappa shape index (κ1) is 16.3. The average Bonchev–Trinajstić information content (AvgIpc) is 3.38. The molecular formula is C17H22N6OS. The van der Waals surface area contributed by atoms with Crippen LogP contribution in [0.4, 0.5) is 11.8 Å². The van der Waals surface area contributed by atoms with Crippen molar-refractivity contribution in [1.82, 2.24) is 19.5 Å². The molecular weight excluding hydrogens is 336 g/mol. The quantitative estimate of drug-likeness (QED) is 0.705. The van der Waals surface area contributed by atoms with E-state index in [1.54, 1.807) is 17.7 Å². The summed E-state index contributed by atoms with van der Waals surface area (Å²) in [5, 5.41) is 17.2. The van der Waals surface area contributed by atoms with Crippen molar-refractivity contribution in [2.24, 2.45) is 0 Å². The van der Waals surface area contributed by atoms with E-state index < -0.39 is 0 Å². The van der Waals surface area contributed by atoms with Crippen LogP contribution in [0, 0.1) is 0 Å². The third-order valence-corrected chi connectivity index (χ3v) is 5.23. The lowest BCUT2D eigenvalue weighted by Gasteiger charge is -2.23. The highest BCUT2D eigenvalue weighted by Gasteiger charge is 2.27. The number of fused-ring (bicyclic) bond motifs is 1. The van der Waals surface area contributed by atoms with Crippen LogP contribution in [0.3, 0.4) is 0 Å². The van der Waals surface area contributed by atoms with E-state index in [-0.39, 0.29) is 12.6 Å². The van der Waals surface area contributed by atoms with Crippen LogP contribution in [0.15, 0.2) is 23.2 Å². The van der Waals surface area contributed by atoms with Crippen LogP contribution < -0.4 is 10.2 Å². The number of rotatable bonds is 6. The lowest BCUT2D eigenvalue weighted by atomic mass is 10.2. The normalized spacial score (nSPS) is 17.5. The number of nitrogens with zero attached hydrogens (tertiary/aromatic N) is 5. The van der Waals surface area contributed by atoms with Gasteiger partial charge in [0.25, 0.3) is 0 Å². The van der Waals surface area contributed by atoms with Crippen molar-refractivity contribution in [1.29, 1.82) is 0 Å². The minimum Gasteiger partial charge on any atom is -0.394 e. The molecule has 2 N–H and O–H groups in total. The van der Waals surface area contributed by atoms with Gasteiger partial charge in [0.2, 0.25) is 5.95 Å². The smallest absolute Gasteiger partial charge is 0.229 e. The molecule has 25 heavy (non-hydrogen) atoms. The van der Waals surface area contributed by atoms with Gasteiger partial charge in [0.15, 0.2) is 17.0 Å². The molecule has 0 aromatic carbocycles. The Kier molecular flexibility index (Phi) is 4.54.